The zero-order chi connectivity index (χ0) is 10.8. The Labute approximate surface area is 91.6 Å². The van der Waals surface area contributed by atoms with E-state index in [4.69, 9.17) is 4.42 Å². The van der Waals surface area contributed by atoms with Crippen LogP contribution in [0, 0.1) is 5.92 Å². The van der Waals surface area contributed by atoms with E-state index in [-0.39, 0.29) is 0 Å². The lowest BCUT2D eigenvalue weighted by Gasteiger charge is -2.36. The van der Waals surface area contributed by atoms with Gasteiger partial charge in [-0.25, -0.2) is 0 Å². The quantitative estimate of drug-likeness (QED) is 0.700. The van der Waals surface area contributed by atoms with E-state index in [2.05, 4.69) is 31.9 Å². The Kier molecular flexibility index (Phi) is 2.96. The second-order valence-corrected chi connectivity index (χ2v) is 4.66. The smallest absolute Gasteiger partial charge is 0.126 e. The van der Waals surface area contributed by atoms with Gasteiger partial charge in [0.25, 0.3) is 0 Å². The average Bonchev–Trinajstić information content (AvgIpc) is 2.66. The maximum atomic E-state index is 5.36. The molecule has 0 N–H and O–H groups in total. The summed E-state index contributed by atoms with van der Waals surface area (Å²) in [7, 11) is 2.19. The fraction of sp³-hybridized carbons (Fsp3) is 0.538. The van der Waals surface area contributed by atoms with Gasteiger partial charge in [-0.15, -0.1) is 0 Å². The molecule has 2 unspecified atom stereocenters. The molecule has 15 heavy (non-hydrogen) atoms. The van der Waals surface area contributed by atoms with Gasteiger partial charge in [0.2, 0.25) is 0 Å². The standard InChI is InChI=1S/C13H19NO/c1-10-7-12(11(2)14(3)9-10)8-13-5-4-6-15-13/h4-6,8,10-11H,7,9H2,1-3H3. The summed E-state index contributed by atoms with van der Waals surface area (Å²) in [5.41, 5.74) is 1.48. The van der Waals surface area contributed by atoms with Crippen LogP contribution < -0.4 is 0 Å². The highest BCUT2D eigenvalue weighted by Crippen LogP contribution is 2.27. The van der Waals surface area contributed by atoms with E-state index < -0.39 is 0 Å². The van der Waals surface area contributed by atoms with Crippen LogP contribution in [0.4, 0.5) is 0 Å². The monoisotopic (exact) mass is 205 g/mol. The van der Waals surface area contributed by atoms with Gasteiger partial charge in [-0.1, -0.05) is 6.92 Å². The number of hydrogen-bond acceptors (Lipinski definition) is 2. The van der Waals surface area contributed by atoms with Gasteiger partial charge in [-0.2, -0.15) is 0 Å². The van der Waals surface area contributed by atoms with Crippen molar-refractivity contribution >= 4 is 6.08 Å². The van der Waals surface area contributed by atoms with Gasteiger partial charge in [0.15, 0.2) is 0 Å². The maximum absolute atomic E-state index is 5.36. The molecule has 1 saturated heterocycles. The minimum absolute atomic E-state index is 0.534. The first kappa shape index (κ1) is 10.5. The van der Waals surface area contributed by atoms with Crippen molar-refractivity contribution in [2.75, 3.05) is 13.6 Å². The first-order chi connectivity index (χ1) is 7.16. The second kappa shape index (κ2) is 4.23. The first-order valence-corrected chi connectivity index (χ1v) is 5.61. The normalized spacial score (nSPS) is 31.0. The Bertz CT molecular complexity index is 339. The van der Waals surface area contributed by atoms with Crippen molar-refractivity contribution in [3.8, 4) is 0 Å². The molecule has 2 heterocycles. The summed E-state index contributed by atoms with van der Waals surface area (Å²) in [5, 5.41) is 0. The Morgan fingerprint density at radius 1 is 1.47 bits per heavy atom. The van der Waals surface area contributed by atoms with Gasteiger partial charge < -0.3 is 4.42 Å². The zero-order valence-corrected chi connectivity index (χ0v) is 9.73. The van der Waals surface area contributed by atoms with E-state index >= 15 is 0 Å². The van der Waals surface area contributed by atoms with Crippen molar-refractivity contribution in [1.29, 1.82) is 0 Å². The van der Waals surface area contributed by atoms with Gasteiger partial charge in [-0.05, 0) is 50.1 Å². The molecule has 1 aromatic heterocycles. The summed E-state index contributed by atoms with van der Waals surface area (Å²) in [4.78, 5) is 2.41. The molecule has 1 aliphatic heterocycles. The van der Waals surface area contributed by atoms with E-state index in [1.165, 1.54) is 18.5 Å². The highest BCUT2D eigenvalue weighted by Gasteiger charge is 2.23. The predicted octanol–water partition coefficient (Wildman–Crippen LogP) is 3.02. The fourth-order valence-corrected chi connectivity index (χ4v) is 2.31. The third-order valence-corrected chi connectivity index (χ3v) is 3.25. The molecule has 0 radical (unpaired) electrons. The van der Waals surface area contributed by atoms with E-state index in [1.54, 1.807) is 6.26 Å². The van der Waals surface area contributed by atoms with Gasteiger partial charge in [0.1, 0.15) is 5.76 Å². The number of hydrogen-bond donors (Lipinski definition) is 0. The molecule has 2 rings (SSSR count). The minimum Gasteiger partial charge on any atom is -0.465 e. The number of piperidine rings is 1. The number of likely N-dealkylation sites (N-methyl/N-ethyl adjacent to an activating group) is 1. The summed E-state index contributed by atoms with van der Waals surface area (Å²) >= 11 is 0. The number of furan rings is 1. The molecule has 2 heteroatoms. The highest BCUT2D eigenvalue weighted by molar-refractivity contribution is 5.49. The first-order valence-electron chi connectivity index (χ1n) is 5.61. The number of likely N-dealkylation sites (tertiary alicyclic amines) is 1. The lowest BCUT2D eigenvalue weighted by atomic mass is 9.90. The molecule has 1 aliphatic rings. The summed E-state index contributed by atoms with van der Waals surface area (Å²) in [5.74, 6) is 1.71. The van der Waals surface area contributed by atoms with Crippen LogP contribution in [0.15, 0.2) is 28.4 Å². The Morgan fingerprint density at radius 3 is 2.93 bits per heavy atom. The van der Waals surface area contributed by atoms with Crippen LogP contribution in [0.1, 0.15) is 26.0 Å². The van der Waals surface area contributed by atoms with Crippen molar-refractivity contribution in [2.45, 2.75) is 26.3 Å². The molecular weight excluding hydrogens is 186 g/mol. The van der Waals surface area contributed by atoms with Gasteiger partial charge in [0.05, 0.1) is 6.26 Å². The largest absolute Gasteiger partial charge is 0.465 e. The predicted molar refractivity (Wildman–Crippen MR) is 62.6 cm³/mol. The summed E-state index contributed by atoms with van der Waals surface area (Å²) in [6.45, 7) is 5.76. The molecule has 1 fully saturated rings. The Balaban J connectivity index is 2.20. The third-order valence-electron chi connectivity index (χ3n) is 3.25. The number of nitrogens with zero attached hydrogens (tertiary/aromatic N) is 1. The number of rotatable bonds is 1. The minimum atomic E-state index is 0.534. The Hall–Kier alpha value is -1.02. The summed E-state index contributed by atoms with van der Waals surface area (Å²) in [6, 6.07) is 4.48. The molecule has 0 saturated carbocycles. The molecule has 1 aromatic rings. The van der Waals surface area contributed by atoms with Crippen molar-refractivity contribution in [2.24, 2.45) is 5.92 Å². The van der Waals surface area contributed by atoms with Gasteiger partial charge in [-0.3, -0.25) is 4.90 Å². The lowest BCUT2D eigenvalue weighted by molar-refractivity contribution is 0.207. The van der Waals surface area contributed by atoms with Gasteiger partial charge >= 0.3 is 0 Å². The second-order valence-electron chi connectivity index (χ2n) is 4.66. The van der Waals surface area contributed by atoms with E-state index in [1.807, 2.05) is 12.1 Å². The average molecular weight is 205 g/mol. The van der Waals surface area contributed by atoms with Crippen LogP contribution >= 0.6 is 0 Å². The van der Waals surface area contributed by atoms with Crippen LogP contribution in [0.25, 0.3) is 6.08 Å². The molecule has 0 amide bonds. The van der Waals surface area contributed by atoms with Crippen LogP contribution in [0.5, 0.6) is 0 Å². The molecule has 0 spiro atoms. The highest BCUT2D eigenvalue weighted by atomic mass is 16.3. The van der Waals surface area contributed by atoms with E-state index in [0.29, 0.717) is 6.04 Å². The molecule has 82 valence electrons. The van der Waals surface area contributed by atoms with Crippen LogP contribution in [0.3, 0.4) is 0 Å². The molecule has 2 atom stereocenters. The van der Waals surface area contributed by atoms with E-state index in [9.17, 15) is 0 Å². The van der Waals surface area contributed by atoms with Gasteiger partial charge in [0, 0.05) is 12.6 Å². The van der Waals surface area contributed by atoms with Crippen molar-refractivity contribution < 1.29 is 4.42 Å². The maximum Gasteiger partial charge on any atom is 0.126 e. The Morgan fingerprint density at radius 2 is 2.27 bits per heavy atom. The van der Waals surface area contributed by atoms with Crippen LogP contribution in [0.2, 0.25) is 0 Å². The summed E-state index contributed by atoms with van der Waals surface area (Å²) in [6.07, 6.45) is 5.11. The fourth-order valence-electron chi connectivity index (χ4n) is 2.31. The lowest BCUT2D eigenvalue weighted by Crippen LogP contribution is -2.39. The summed E-state index contributed by atoms with van der Waals surface area (Å²) < 4.78 is 5.36. The van der Waals surface area contributed by atoms with Crippen molar-refractivity contribution in [1.82, 2.24) is 4.90 Å². The molecule has 2 nitrogen and oxygen atoms in total. The topological polar surface area (TPSA) is 16.4 Å². The van der Waals surface area contributed by atoms with Crippen molar-refractivity contribution in [3.05, 3.63) is 29.7 Å². The molecule has 0 aliphatic carbocycles. The van der Waals surface area contributed by atoms with Crippen LogP contribution in [-0.4, -0.2) is 24.5 Å². The van der Waals surface area contributed by atoms with Crippen LogP contribution in [-0.2, 0) is 0 Å². The zero-order valence-electron chi connectivity index (χ0n) is 9.73. The molecule has 0 aromatic carbocycles. The van der Waals surface area contributed by atoms with E-state index in [0.717, 1.165) is 11.7 Å². The molecular formula is C13H19NO. The molecule has 0 bridgehead atoms. The SMILES string of the molecule is CC1CC(=Cc2ccco2)C(C)N(C)C1. The van der Waals surface area contributed by atoms with Crippen molar-refractivity contribution in [3.63, 3.8) is 0 Å². The third kappa shape index (κ3) is 2.32.